The van der Waals surface area contributed by atoms with Crippen molar-refractivity contribution in [3.8, 4) is 0 Å². The molecule has 0 aromatic heterocycles. The Hall–Kier alpha value is 0.0200. The number of thioether (sulfide) groups is 1. The lowest BCUT2D eigenvalue weighted by Gasteiger charge is -2.04. The van der Waals surface area contributed by atoms with Gasteiger partial charge in [0.1, 0.15) is 0 Å². The molecule has 0 aromatic rings. The zero-order valence-electron chi connectivity index (χ0n) is 14.8. The monoisotopic (exact) mass is 314 g/mol. The van der Waals surface area contributed by atoms with Gasteiger partial charge in [-0.05, 0) is 18.8 Å². The highest BCUT2D eigenvalue weighted by Gasteiger charge is 2.03. The van der Waals surface area contributed by atoms with Crippen molar-refractivity contribution < 1.29 is 4.79 Å². The van der Waals surface area contributed by atoms with E-state index in [2.05, 4.69) is 20.8 Å². The van der Waals surface area contributed by atoms with E-state index in [1.807, 2.05) is 0 Å². The molecule has 0 aromatic carbocycles. The molecule has 0 spiro atoms. The minimum atomic E-state index is 0.409. The molecule has 21 heavy (non-hydrogen) atoms. The van der Waals surface area contributed by atoms with E-state index in [4.69, 9.17) is 0 Å². The van der Waals surface area contributed by atoms with Gasteiger partial charge in [-0.3, -0.25) is 4.79 Å². The number of unbranched alkanes of at least 4 members (excludes halogenated alkanes) is 9. The summed E-state index contributed by atoms with van der Waals surface area (Å²) in [7, 11) is 0. The minimum Gasteiger partial charge on any atom is -0.287 e. The maximum atomic E-state index is 11.6. The highest BCUT2D eigenvalue weighted by atomic mass is 32.2. The van der Waals surface area contributed by atoms with Gasteiger partial charge < -0.3 is 0 Å². The summed E-state index contributed by atoms with van der Waals surface area (Å²) < 4.78 is 0. The molecule has 0 atom stereocenters. The smallest absolute Gasteiger partial charge is 0.188 e. The van der Waals surface area contributed by atoms with Crippen molar-refractivity contribution in [3.05, 3.63) is 0 Å². The summed E-state index contributed by atoms with van der Waals surface area (Å²) in [6.45, 7) is 6.72. The highest BCUT2D eigenvalue weighted by molar-refractivity contribution is 8.13. The normalized spacial score (nSPS) is 11.2. The van der Waals surface area contributed by atoms with E-state index in [0.717, 1.165) is 24.5 Å². The summed E-state index contributed by atoms with van der Waals surface area (Å²) in [6.07, 6.45) is 16.7. The van der Waals surface area contributed by atoms with Crippen molar-refractivity contribution in [2.75, 3.05) is 5.75 Å². The van der Waals surface area contributed by atoms with Crippen LogP contribution in [0, 0.1) is 5.92 Å². The fourth-order valence-electron chi connectivity index (χ4n) is 2.50. The Kier molecular flexibility index (Phi) is 16.4. The van der Waals surface area contributed by atoms with Crippen LogP contribution in [0.3, 0.4) is 0 Å². The maximum absolute atomic E-state index is 11.6. The minimum absolute atomic E-state index is 0.409. The summed E-state index contributed by atoms with van der Waals surface area (Å²) in [5.41, 5.74) is 0. The molecule has 0 aliphatic rings. The number of rotatable bonds is 15. The summed E-state index contributed by atoms with van der Waals surface area (Å²) in [4.78, 5) is 11.6. The van der Waals surface area contributed by atoms with Gasteiger partial charge in [0.05, 0.1) is 0 Å². The van der Waals surface area contributed by atoms with Crippen molar-refractivity contribution in [3.63, 3.8) is 0 Å². The maximum Gasteiger partial charge on any atom is 0.188 e. The van der Waals surface area contributed by atoms with Crippen molar-refractivity contribution in [1.29, 1.82) is 0 Å². The van der Waals surface area contributed by atoms with Gasteiger partial charge in [0.15, 0.2) is 5.12 Å². The van der Waals surface area contributed by atoms with E-state index in [0.29, 0.717) is 5.12 Å². The van der Waals surface area contributed by atoms with Crippen LogP contribution in [-0.2, 0) is 4.79 Å². The molecule has 0 fully saturated rings. The van der Waals surface area contributed by atoms with Crippen LogP contribution in [0.15, 0.2) is 0 Å². The molecular weight excluding hydrogens is 276 g/mol. The van der Waals surface area contributed by atoms with Gasteiger partial charge in [-0.2, -0.15) is 0 Å². The molecule has 0 saturated carbocycles. The fourth-order valence-corrected chi connectivity index (χ4v) is 3.37. The Balaban J connectivity index is 3.12. The molecule has 0 bridgehead atoms. The number of carbonyl (C=O) groups excluding carboxylic acids is 1. The van der Waals surface area contributed by atoms with Gasteiger partial charge in [0, 0.05) is 12.2 Å². The lowest BCUT2D eigenvalue weighted by molar-refractivity contribution is -0.111. The quantitative estimate of drug-likeness (QED) is 0.303. The van der Waals surface area contributed by atoms with Crippen LogP contribution in [-0.4, -0.2) is 10.9 Å². The zero-order valence-corrected chi connectivity index (χ0v) is 15.6. The average Bonchev–Trinajstić information content (AvgIpc) is 2.44. The first-order chi connectivity index (χ1) is 10.2. The van der Waals surface area contributed by atoms with E-state index < -0.39 is 0 Å². The SMILES string of the molecule is CCCCCCCCCCCCSC(=O)CCCC(C)C. The van der Waals surface area contributed by atoms with E-state index >= 15 is 0 Å². The Labute approximate surface area is 138 Å². The van der Waals surface area contributed by atoms with Gasteiger partial charge in [0.2, 0.25) is 0 Å². The summed E-state index contributed by atoms with van der Waals surface area (Å²) in [5, 5.41) is 0.409. The van der Waals surface area contributed by atoms with Gasteiger partial charge >= 0.3 is 0 Å². The van der Waals surface area contributed by atoms with Crippen molar-refractivity contribution in [2.45, 2.75) is 104 Å². The molecule has 2 heteroatoms. The molecule has 0 saturated heterocycles. The van der Waals surface area contributed by atoms with Gasteiger partial charge in [0.25, 0.3) is 0 Å². The lowest BCUT2D eigenvalue weighted by Crippen LogP contribution is -1.96. The molecule has 0 heterocycles. The molecule has 0 N–H and O–H groups in total. The van der Waals surface area contributed by atoms with Gasteiger partial charge in [-0.25, -0.2) is 0 Å². The second-order valence-corrected chi connectivity index (χ2v) is 7.84. The number of hydrogen-bond acceptors (Lipinski definition) is 2. The van der Waals surface area contributed by atoms with Crippen LogP contribution in [0.4, 0.5) is 0 Å². The molecule has 0 radical (unpaired) electrons. The summed E-state index contributed by atoms with van der Waals surface area (Å²) >= 11 is 1.57. The first kappa shape index (κ1) is 21.0. The third kappa shape index (κ3) is 18.0. The van der Waals surface area contributed by atoms with Crippen LogP contribution < -0.4 is 0 Å². The third-order valence-electron chi connectivity index (χ3n) is 3.92. The van der Waals surface area contributed by atoms with E-state index in [-0.39, 0.29) is 0 Å². The molecular formula is C19H38OS. The van der Waals surface area contributed by atoms with Crippen LogP contribution in [0.25, 0.3) is 0 Å². The molecule has 0 unspecified atom stereocenters. The van der Waals surface area contributed by atoms with Crippen molar-refractivity contribution in [2.24, 2.45) is 5.92 Å². The second kappa shape index (κ2) is 16.4. The lowest BCUT2D eigenvalue weighted by atomic mass is 10.1. The van der Waals surface area contributed by atoms with Crippen LogP contribution in [0.1, 0.15) is 104 Å². The third-order valence-corrected chi connectivity index (χ3v) is 4.94. The van der Waals surface area contributed by atoms with Crippen molar-refractivity contribution >= 4 is 16.9 Å². The number of hydrogen-bond donors (Lipinski definition) is 0. The van der Waals surface area contributed by atoms with Crippen molar-refractivity contribution in [1.82, 2.24) is 0 Å². The molecule has 1 nitrogen and oxygen atoms in total. The fraction of sp³-hybridized carbons (Fsp3) is 0.947. The average molecular weight is 315 g/mol. The zero-order chi connectivity index (χ0) is 15.8. The molecule has 0 aliphatic carbocycles. The van der Waals surface area contributed by atoms with Crippen LogP contribution in [0.2, 0.25) is 0 Å². The standard InChI is InChI=1S/C19H38OS/c1-4-5-6-7-8-9-10-11-12-13-17-21-19(20)16-14-15-18(2)3/h18H,4-17H2,1-3H3. The predicted octanol–water partition coefficient (Wildman–Crippen LogP) is 6.99. The predicted molar refractivity (Wildman–Crippen MR) is 98.0 cm³/mol. The Morgan fingerprint density at radius 2 is 1.33 bits per heavy atom. The highest BCUT2D eigenvalue weighted by Crippen LogP contribution is 2.15. The largest absolute Gasteiger partial charge is 0.287 e. The second-order valence-electron chi connectivity index (χ2n) is 6.69. The van der Waals surface area contributed by atoms with E-state index in [1.165, 1.54) is 70.6 Å². The van der Waals surface area contributed by atoms with Gasteiger partial charge in [-0.1, -0.05) is 96.7 Å². The Bertz CT molecular complexity index is 226. The molecule has 0 amide bonds. The number of carbonyl (C=O) groups is 1. The Morgan fingerprint density at radius 3 is 1.86 bits per heavy atom. The molecule has 126 valence electrons. The summed E-state index contributed by atoms with van der Waals surface area (Å²) in [5.74, 6) is 1.77. The summed E-state index contributed by atoms with van der Waals surface area (Å²) in [6, 6.07) is 0. The van der Waals surface area contributed by atoms with Crippen LogP contribution in [0.5, 0.6) is 0 Å². The first-order valence-electron chi connectivity index (χ1n) is 9.32. The topological polar surface area (TPSA) is 17.1 Å². The molecule has 0 aliphatic heterocycles. The van der Waals surface area contributed by atoms with Gasteiger partial charge in [-0.15, -0.1) is 0 Å². The Morgan fingerprint density at radius 1 is 0.810 bits per heavy atom. The van der Waals surface area contributed by atoms with Crippen LogP contribution >= 0.6 is 11.8 Å². The van der Waals surface area contributed by atoms with E-state index in [9.17, 15) is 4.79 Å². The molecule has 0 rings (SSSR count). The van der Waals surface area contributed by atoms with E-state index in [1.54, 1.807) is 11.8 Å². The first-order valence-corrected chi connectivity index (χ1v) is 10.3.